The zero-order valence-electron chi connectivity index (χ0n) is 7.33. The van der Waals surface area contributed by atoms with Gasteiger partial charge in [0.15, 0.2) is 0 Å². The van der Waals surface area contributed by atoms with Gasteiger partial charge in [-0.2, -0.15) is 0 Å². The SMILES string of the molecule is Cn1c(Br)cnc1CCCC(=O)O. The van der Waals surface area contributed by atoms with Crippen molar-refractivity contribution in [3.05, 3.63) is 16.6 Å². The molecule has 72 valence electrons. The molecule has 0 unspecified atom stereocenters. The number of halogens is 1. The maximum absolute atomic E-state index is 10.2. The van der Waals surface area contributed by atoms with Crippen molar-refractivity contribution in [3.63, 3.8) is 0 Å². The third kappa shape index (κ3) is 2.84. The van der Waals surface area contributed by atoms with E-state index in [1.165, 1.54) is 0 Å². The van der Waals surface area contributed by atoms with E-state index in [1.54, 1.807) is 6.20 Å². The predicted octanol–water partition coefficient (Wildman–Crippen LogP) is 1.59. The highest BCUT2D eigenvalue weighted by atomic mass is 79.9. The largest absolute Gasteiger partial charge is 0.481 e. The molecule has 4 nitrogen and oxygen atoms in total. The number of carboxylic acids is 1. The molecule has 1 heterocycles. The lowest BCUT2D eigenvalue weighted by atomic mass is 10.2. The van der Waals surface area contributed by atoms with Gasteiger partial charge in [0.25, 0.3) is 0 Å². The summed E-state index contributed by atoms with van der Waals surface area (Å²) in [4.78, 5) is 14.4. The lowest BCUT2D eigenvalue weighted by Gasteiger charge is -2.00. The first-order chi connectivity index (χ1) is 6.11. The fourth-order valence-corrected chi connectivity index (χ4v) is 1.36. The molecule has 0 aliphatic heterocycles. The molecule has 0 saturated heterocycles. The van der Waals surface area contributed by atoms with Gasteiger partial charge in [-0.15, -0.1) is 0 Å². The van der Waals surface area contributed by atoms with E-state index in [0.29, 0.717) is 12.8 Å². The number of hydrogen-bond acceptors (Lipinski definition) is 2. The van der Waals surface area contributed by atoms with Crippen LogP contribution in [0.3, 0.4) is 0 Å². The molecule has 0 spiro atoms. The summed E-state index contributed by atoms with van der Waals surface area (Å²) in [5.74, 6) is 0.154. The molecule has 0 saturated carbocycles. The summed E-state index contributed by atoms with van der Waals surface area (Å²) < 4.78 is 2.82. The number of aryl methyl sites for hydroxylation is 1. The van der Waals surface area contributed by atoms with Crippen LogP contribution in [0.2, 0.25) is 0 Å². The van der Waals surface area contributed by atoms with Crippen LogP contribution in [-0.4, -0.2) is 20.6 Å². The zero-order chi connectivity index (χ0) is 9.84. The molecule has 1 aromatic heterocycles. The highest BCUT2D eigenvalue weighted by Crippen LogP contribution is 2.11. The Morgan fingerprint density at radius 3 is 2.92 bits per heavy atom. The third-order valence-electron chi connectivity index (χ3n) is 1.82. The zero-order valence-corrected chi connectivity index (χ0v) is 8.91. The summed E-state index contributed by atoms with van der Waals surface area (Å²) in [5, 5.41) is 8.43. The van der Waals surface area contributed by atoms with Crippen LogP contribution in [0.1, 0.15) is 18.7 Å². The highest BCUT2D eigenvalue weighted by molar-refractivity contribution is 9.10. The molecule has 0 atom stereocenters. The van der Waals surface area contributed by atoms with E-state index in [2.05, 4.69) is 20.9 Å². The molecule has 0 fully saturated rings. The van der Waals surface area contributed by atoms with Gasteiger partial charge >= 0.3 is 5.97 Å². The average molecular weight is 247 g/mol. The maximum Gasteiger partial charge on any atom is 0.303 e. The molecule has 1 aromatic rings. The average Bonchev–Trinajstić information content (AvgIpc) is 2.35. The molecule has 0 aliphatic carbocycles. The Hall–Kier alpha value is -0.840. The van der Waals surface area contributed by atoms with E-state index in [1.807, 2.05) is 11.6 Å². The van der Waals surface area contributed by atoms with Crippen molar-refractivity contribution in [1.29, 1.82) is 0 Å². The Morgan fingerprint density at radius 1 is 1.77 bits per heavy atom. The molecule has 13 heavy (non-hydrogen) atoms. The number of aliphatic carboxylic acids is 1. The molecule has 1 N–H and O–H groups in total. The summed E-state index contributed by atoms with van der Waals surface area (Å²) in [6.07, 6.45) is 3.25. The standard InChI is InChI=1S/C8H11BrN2O2/c1-11-6(9)5-10-7(11)3-2-4-8(12)13/h5H,2-4H2,1H3,(H,12,13). The first kappa shape index (κ1) is 10.2. The number of rotatable bonds is 4. The summed E-state index contributed by atoms with van der Waals surface area (Å²) in [5.41, 5.74) is 0. The summed E-state index contributed by atoms with van der Waals surface area (Å²) in [7, 11) is 1.90. The van der Waals surface area contributed by atoms with Crippen LogP contribution in [0.4, 0.5) is 0 Å². The number of nitrogens with zero attached hydrogens (tertiary/aromatic N) is 2. The Morgan fingerprint density at radius 2 is 2.46 bits per heavy atom. The Balaban J connectivity index is 2.45. The quantitative estimate of drug-likeness (QED) is 0.878. The van der Waals surface area contributed by atoms with Crippen LogP contribution >= 0.6 is 15.9 Å². The van der Waals surface area contributed by atoms with E-state index < -0.39 is 5.97 Å². The van der Waals surface area contributed by atoms with E-state index in [9.17, 15) is 4.79 Å². The molecule has 1 rings (SSSR count). The Labute approximate surface area is 84.7 Å². The van der Waals surface area contributed by atoms with Gasteiger partial charge in [-0.3, -0.25) is 4.79 Å². The summed E-state index contributed by atoms with van der Waals surface area (Å²) in [6, 6.07) is 0. The summed E-state index contributed by atoms with van der Waals surface area (Å²) in [6.45, 7) is 0. The van der Waals surface area contributed by atoms with Gasteiger partial charge in [-0.05, 0) is 22.4 Å². The monoisotopic (exact) mass is 246 g/mol. The van der Waals surface area contributed by atoms with Crippen LogP contribution < -0.4 is 0 Å². The molecule has 0 radical (unpaired) electrons. The fraction of sp³-hybridized carbons (Fsp3) is 0.500. The first-order valence-electron chi connectivity index (χ1n) is 3.99. The maximum atomic E-state index is 10.2. The van der Waals surface area contributed by atoms with Crippen LogP contribution in [0.5, 0.6) is 0 Å². The topological polar surface area (TPSA) is 55.1 Å². The third-order valence-corrected chi connectivity index (χ3v) is 2.56. The highest BCUT2D eigenvalue weighted by Gasteiger charge is 2.04. The molecule has 0 aromatic carbocycles. The molecular weight excluding hydrogens is 236 g/mol. The van der Waals surface area contributed by atoms with E-state index in [-0.39, 0.29) is 6.42 Å². The molecule has 0 aliphatic rings. The molecule has 0 amide bonds. The lowest BCUT2D eigenvalue weighted by Crippen LogP contribution is -2.01. The first-order valence-corrected chi connectivity index (χ1v) is 4.78. The minimum atomic E-state index is -0.756. The second kappa shape index (κ2) is 4.41. The minimum Gasteiger partial charge on any atom is -0.481 e. The van der Waals surface area contributed by atoms with E-state index in [0.717, 1.165) is 10.4 Å². The number of imidazole rings is 1. The van der Waals surface area contributed by atoms with Crippen molar-refractivity contribution < 1.29 is 9.90 Å². The number of carbonyl (C=O) groups is 1. The van der Waals surface area contributed by atoms with E-state index >= 15 is 0 Å². The second-order valence-electron chi connectivity index (χ2n) is 2.80. The van der Waals surface area contributed by atoms with Crippen LogP contribution in [0.25, 0.3) is 0 Å². The van der Waals surface area contributed by atoms with Crippen molar-refractivity contribution in [2.75, 3.05) is 0 Å². The fourth-order valence-electron chi connectivity index (χ4n) is 1.05. The van der Waals surface area contributed by atoms with Crippen LogP contribution in [0, 0.1) is 0 Å². The molecule has 5 heteroatoms. The van der Waals surface area contributed by atoms with Crippen molar-refractivity contribution in [2.24, 2.45) is 7.05 Å². The molecule has 0 bridgehead atoms. The van der Waals surface area contributed by atoms with Crippen molar-refractivity contribution >= 4 is 21.9 Å². The van der Waals surface area contributed by atoms with Gasteiger partial charge in [0.2, 0.25) is 0 Å². The number of carboxylic acid groups (broad SMARTS) is 1. The Bertz CT molecular complexity index is 309. The number of hydrogen-bond donors (Lipinski definition) is 1. The molecular formula is C8H11BrN2O2. The van der Waals surface area contributed by atoms with Crippen molar-refractivity contribution in [2.45, 2.75) is 19.3 Å². The lowest BCUT2D eigenvalue weighted by molar-refractivity contribution is -0.137. The van der Waals surface area contributed by atoms with E-state index in [4.69, 9.17) is 5.11 Å². The van der Waals surface area contributed by atoms with Crippen molar-refractivity contribution in [1.82, 2.24) is 9.55 Å². The Kier molecular flexibility index (Phi) is 3.48. The van der Waals surface area contributed by atoms with Gasteiger partial charge in [0.05, 0.1) is 6.20 Å². The second-order valence-corrected chi connectivity index (χ2v) is 3.62. The number of aromatic nitrogens is 2. The van der Waals surface area contributed by atoms with Crippen LogP contribution in [0.15, 0.2) is 10.8 Å². The van der Waals surface area contributed by atoms with Gasteiger partial charge in [0, 0.05) is 19.9 Å². The predicted molar refractivity (Wildman–Crippen MR) is 51.5 cm³/mol. The van der Waals surface area contributed by atoms with Crippen molar-refractivity contribution in [3.8, 4) is 0 Å². The van der Waals surface area contributed by atoms with Gasteiger partial charge < -0.3 is 9.67 Å². The van der Waals surface area contributed by atoms with Gasteiger partial charge in [-0.25, -0.2) is 4.98 Å². The van der Waals surface area contributed by atoms with Gasteiger partial charge in [-0.1, -0.05) is 0 Å². The normalized spacial score (nSPS) is 10.3. The summed E-state index contributed by atoms with van der Waals surface area (Å²) >= 11 is 3.32. The minimum absolute atomic E-state index is 0.199. The smallest absolute Gasteiger partial charge is 0.303 e. The van der Waals surface area contributed by atoms with Crippen LogP contribution in [-0.2, 0) is 18.3 Å². The van der Waals surface area contributed by atoms with Gasteiger partial charge in [0.1, 0.15) is 10.4 Å².